The first-order chi connectivity index (χ1) is 13.9. The van der Waals surface area contributed by atoms with E-state index in [4.69, 9.17) is 27.9 Å². The van der Waals surface area contributed by atoms with Gasteiger partial charge in [-0.3, -0.25) is 10.1 Å². The van der Waals surface area contributed by atoms with Crippen LogP contribution < -0.4 is 10.1 Å². The Hall–Kier alpha value is -3.43. The maximum absolute atomic E-state index is 11.6. The van der Waals surface area contributed by atoms with Crippen molar-refractivity contribution in [1.82, 2.24) is 9.97 Å². The van der Waals surface area contributed by atoms with Gasteiger partial charge in [0.05, 0.1) is 28.3 Å². The highest BCUT2D eigenvalue weighted by molar-refractivity contribution is 6.36. The molecule has 0 saturated carbocycles. The molecule has 0 amide bonds. The molecule has 0 bridgehead atoms. The third-order valence-corrected chi connectivity index (χ3v) is 4.19. The molecule has 0 saturated heterocycles. The first kappa shape index (κ1) is 20.3. The number of nitrogens with zero attached hydrogens (tertiary/aromatic N) is 3. The maximum Gasteiger partial charge on any atom is 0.373 e. The summed E-state index contributed by atoms with van der Waals surface area (Å²) in [6.07, 6.45) is 1.11. The molecule has 148 valence electrons. The fraction of sp³-hybridized carbons (Fsp3) is 0.0556. The number of hydrogen-bond donors (Lipinski definition) is 1. The van der Waals surface area contributed by atoms with Gasteiger partial charge in [-0.05, 0) is 42.5 Å². The Morgan fingerprint density at radius 1 is 1.14 bits per heavy atom. The number of benzene rings is 2. The number of anilines is 2. The molecule has 1 N–H and O–H groups in total. The normalized spacial score (nSPS) is 10.3. The molecule has 0 aliphatic carbocycles. The van der Waals surface area contributed by atoms with Crippen molar-refractivity contribution in [3.8, 4) is 11.6 Å². The average molecular weight is 435 g/mol. The SMILES string of the molecule is COC(=O)c1ccc(Oc2ncnc(Nc3ccc(Cl)cc3Cl)c2[N+](=O)[O-])cc1. The molecule has 29 heavy (non-hydrogen) atoms. The highest BCUT2D eigenvalue weighted by Gasteiger charge is 2.25. The number of carbonyl (C=O) groups is 1. The first-order valence-corrected chi connectivity index (χ1v) is 8.72. The summed E-state index contributed by atoms with van der Waals surface area (Å²) in [5.41, 5.74) is 0.179. The highest BCUT2D eigenvalue weighted by Crippen LogP contribution is 2.37. The zero-order valence-corrected chi connectivity index (χ0v) is 16.3. The van der Waals surface area contributed by atoms with Crippen LogP contribution in [0.1, 0.15) is 10.4 Å². The van der Waals surface area contributed by atoms with Crippen molar-refractivity contribution in [2.75, 3.05) is 12.4 Å². The molecule has 2 aromatic carbocycles. The van der Waals surface area contributed by atoms with E-state index in [2.05, 4.69) is 20.0 Å². The molecule has 0 spiro atoms. The number of carbonyl (C=O) groups excluding carboxylic acids is 1. The molecule has 0 aliphatic rings. The van der Waals surface area contributed by atoms with Crippen LogP contribution in [0.5, 0.6) is 11.6 Å². The summed E-state index contributed by atoms with van der Waals surface area (Å²) in [6.45, 7) is 0. The summed E-state index contributed by atoms with van der Waals surface area (Å²) in [7, 11) is 1.26. The molecule has 0 unspecified atom stereocenters. The van der Waals surface area contributed by atoms with Gasteiger partial charge in [-0.15, -0.1) is 0 Å². The number of esters is 1. The number of methoxy groups -OCH3 is 1. The molecule has 11 heteroatoms. The summed E-state index contributed by atoms with van der Waals surface area (Å²) in [5.74, 6) is -0.690. The summed E-state index contributed by atoms with van der Waals surface area (Å²) >= 11 is 12.0. The Morgan fingerprint density at radius 3 is 2.48 bits per heavy atom. The van der Waals surface area contributed by atoms with Crippen molar-refractivity contribution in [3.05, 3.63) is 74.5 Å². The van der Waals surface area contributed by atoms with Gasteiger partial charge in [0.25, 0.3) is 0 Å². The Kier molecular flexibility index (Phi) is 6.10. The summed E-state index contributed by atoms with van der Waals surface area (Å²) in [6, 6.07) is 10.5. The van der Waals surface area contributed by atoms with E-state index in [1.54, 1.807) is 12.1 Å². The lowest BCUT2D eigenvalue weighted by Gasteiger charge is -2.10. The van der Waals surface area contributed by atoms with E-state index in [1.807, 2.05) is 0 Å². The smallest absolute Gasteiger partial charge is 0.373 e. The Morgan fingerprint density at radius 2 is 1.86 bits per heavy atom. The van der Waals surface area contributed by atoms with Crippen molar-refractivity contribution in [3.63, 3.8) is 0 Å². The Balaban J connectivity index is 1.92. The molecule has 9 nitrogen and oxygen atoms in total. The highest BCUT2D eigenvalue weighted by atomic mass is 35.5. The third-order valence-electron chi connectivity index (χ3n) is 3.65. The largest absolute Gasteiger partial charge is 0.465 e. The third kappa shape index (κ3) is 4.71. The predicted molar refractivity (Wildman–Crippen MR) is 106 cm³/mol. The minimum absolute atomic E-state index is 0.115. The predicted octanol–water partition coefficient (Wildman–Crippen LogP) is 5.01. The van der Waals surface area contributed by atoms with Gasteiger partial charge in [-0.25, -0.2) is 9.78 Å². The zero-order valence-electron chi connectivity index (χ0n) is 14.8. The van der Waals surface area contributed by atoms with E-state index in [0.29, 0.717) is 16.3 Å². The maximum atomic E-state index is 11.6. The standard InChI is InChI=1S/C18H12Cl2N4O5/c1-28-18(25)10-2-5-12(6-3-10)29-17-15(24(26)27)16(21-9-22-17)23-14-7-4-11(19)8-13(14)20/h2-9H,1H3,(H,21,22,23). The van der Waals surface area contributed by atoms with Crippen LogP contribution in [0.2, 0.25) is 10.0 Å². The van der Waals surface area contributed by atoms with E-state index in [-0.39, 0.29) is 22.5 Å². The lowest BCUT2D eigenvalue weighted by Crippen LogP contribution is -2.04. The Bertz CT molecular complexity index is 1080. The number of hydrogen-bond acceptors (Lipinski definition) is 8. The monoisotopic (exact) mass is 434 g/mol. The number of halogens is 2. The summed E-state index contributed by atoms with van der Waals surface area (Å²) < 4.78 is 10.1. The minimum Gasteiger partial charge on any atom is -0.465 e. The lowest BCUT2D eigenvalue weighted by atomic mass is 10.2. The van der Waals surface area contributed by atoms with Gasteiger partial charge in [-0.1, -0.05) is 23.2 Å². The first-order valence-electron chi connectivity index (χ1n) is 7.96. The van der Waals surface area contributed by atoms with Crippen molar-refractivity contribution >= 4 is 46.4 Å². The van der Waals surface area contributed by atoms with E-state index < -0.39 is 16.6 Å². The van der Waals surface area contributed by atoms with Crippen molar-refractivity contribution in [2.24, 2.45) is 0 Å². The van der Waals surface area contributed by atoms with E-state index in [0.717, 1.165) is 6.33 Å². The van der Waals surface area contributed by atoms with Gasteiger partial charge in [0.15, 0.2) is 0 Å². The van der Waals surface area contributed by atoms with Crippen LogP contribution in [0, 0.1) is 10.1 Å². The molecule has 1 heterocycles. The van der Waals surface area contributed by atoms with E-state index >= 15 is 0 Å². The second-order valence-corrected chi connectivity index (χ2v) is 6.34. The number of ether oxygens (including phenoxy) is 2. The van der Waals surface area contributed by atoms with Gasteiger partial charge < -0.3 is 14.8 Å². The van der Waals surface area contributed by atoms with E-state index in [1.165, 1.54) is 37.4 Å². The molecule has 0 radical (unpaired) electrons. The fourth-order valence-electron chi connectivity index (χ4n) is 2.30. The summed E-state index contributed by atoms with van der Waals surface area (Å²) in [4.78, 5) is 30.2. The van der Waals surface area contributed by atoms with Crippen molar-refractivity contribution in [1.29, 1.82) is 0 Å². The van der Waals surface area contributed by atoms with Crippen LogP contribution in [0.3, 0.4) is 0 Å². The molecule has 0 aliphatic heterocycles. The van der Waals surface area contributed by atoms with Gasteiger partial charge in [0, 0.05) is 5.02 Å². The van der Waals surface area contributed by atoms with Crippen molar-refractivity contribution in [2.45, 2.75) is 0 Å². The van der Waals surface area contributed by atoms with Crippen LogP contribution >= 0.6 is 23.2 Å². The number of nitro groups is 1. The number of rotatable bonds is 6. The van der Waals surface area contributed by atoms with Crippen LogP contribution in [-0.4, -0.2) is 28.0 Å². The fourth-order valence-corrected chi connectivity index (χ4v) is 2.76. The summed E-state index contributed by atoms with van der Waals surface area (Å²) in [5, 5.41) is 15.1. The van der Waals surface area contributed by atoms with E-state index in [9.17, 15) is 14.9 Å². The van der Waals surface area contributed by atoms with Gasteiger partial charge in [0.2, 0.25) is 5.82 Å². The van der Waals surface area contributed by atoms with Crippen molar-refractivity contribution < 1.29 is 19.2 Å². The number of aromatic nitrogens is 2. The lowest BCUT2D eigenvalue weighted by molar-refractivity contribution is -0.385. The quantitative estimate of drug-likeness (QED) is 0.326. The van der Waals surface area contributed by atoms with Crippen LogP contribution in [-0.2, 0) is 4.74 Å². The topological polar surface area (TPSA) is 116 Å². The second kappa shape index (κ2) is 8.72. The molecular weight excluding hydrogens is 423 g/mol. The Labute approximate surface area is 174 Å². The van der Waals surface area contributed by atoms with Gasteiger partial charge in [0.1, 0.15) is 12.1 Å². The van der Waals surface area contributed by atoms with Crippen LogP contribution in [0.4, 0.5) is 17.2 Å². The molecule has 0 fully saturated rings. The molecule has 3 aromatic rings. The molecule has 1 aromatic heterocycles. The minimum atomic E-state index is -0.676. The molecule has 3 rings (SSSR count). The molecule has 0 atom stereocenters. The second-order valence-electron chi connectivity index (χ2n) is 5.50. The van der Waals surface area contributed by atoms with Crippen LogP contribution in [0.15, 0.2) is 48.8 Å². The number of nitrogens with one attached hydrogen (secondary N) is 1. The van der Waals surface area contributed by atoms with Gasteiger partial charge >= 0.3 is 17.5 Å². The van der Waals surface area contributed by atoms with Gasteiger partial charge in [-0.2, -0.15) is 4.98 Å². The van der Waals surface area contributed by atoms with Crippen LogP contribution in [0.25, 0.3) is 0 Å². The zero-order chi connectivity index (χ0) is 21.0. The molecular formula is C18H12Cl2N4O5. The average Bonchev–Trinajstić information content (AvgIpc) is 2.70.